The summed E-state index contributed by atoms with van der Waals surface area (Å²) in [5, 5.41) is 5.38. The number of rotatable bonds is 6. The fourth-order valence-corrected chi connectivity index (χ4v) is 3.14. The number of nitrogens with zero attached hydrogens (tertiary/aromatic N) is 5. The summed E-state index contributed by atoms with van der Waals surface area (Å²) in [4.78, 5) is 13.2. The molecule has 3 aromatic rings. The van der Waals surface area contributed by atoms with Gasteiger partial charge in [0.2, 0.25) is 0 Å². The number of hydrogen-bond acceptors (Lipinski definition) is 5. The smallest absolute Gasteiger partial charge is 0.187 e. The highest BCUT2D eigenvalue weighted by atomic mass is 32.2. The molecule has 1 aliphatic rings. The first-order valence-corrected chi connectivity index (χ1v) is 8.84. The van der Waals surface area contributed by atoms with Crippen LogP contribution in [0.1, 0.15) is 36.0 Å². The van der Waals surface area contributed by atoms with Crippen LogP contribution < -0.4 is 0 Å². The van der Waals surface area contributed by atoms with Crippen LogP contribution in [0.2, 0.25) is 0 Å². The van der Waals surface area contributed by atoms with E-state index in [1.165, 1.54) is 12.1 Å². The van der Waals surface area contributed by atoms with Gasteiger partial charge in [-0.1, -0.05) is 23.9 Å². The largest absolute Gasteiger partial charge is 0.244 e. The van der Waals surface area contributed by atoms with Crippen LogP contribution in [0.3, 0.4) is 0 Å². The molecule has 0 unspecified atom stereocenters. The second-order valence-electron chi connectivity index (χ2n) is 5.76. The summed E-state index contributed by atoms with van der Waals surface area (Å²) < 4.78 is 15.0. The minimum atomic E-state index is -0.229. The molecule has 2 aromatic heterocycles. The molecule has 1 aromatic carbocycles. The van der Waals surface area contributed by atoms with Crippen molar-refractivity contribution in [1.82, 2.24) is 24.7 Å². The van der Waals surface area contributed by atoms with E-state index < -0.39 is 0 Å². The van der Waals surface area contributed by atoms with Gasteiger partial charge < -0.3 is 0 Å². The second kappa shape index (κ2) is 6.68. The van der Waals surface area contributed by atoms with Crippen molar-refractivity contribution in [3.05, 3.63) is 65.8 Å². The van der Waals surface area contributed by atoms with Crippen LogP contribution in [-0.2, 0) is 12.3 Å². The first-order valence-electron chi connectivity index (χ1n) is 7.86. The summed E-state index contributed by atoms with van der Waals surface area (Å²) in [5.41, 5.74) is 1.01. The minimum absolute atomic E-state index is 0.229. The summed E-state index contributed by atoms with van der Waals surface area (Å²) in [6.07, 6.45) is 5.78. The molecule has 0 atom stereocenters. The van der Waals surface area contributed by atoms with Gasteiger partial charge in [-0.2, -0.15) is 5.10 Å². The lowest BCUT2D eigenvalue weighted by Gasteiger charge is -2.05. The number of hydrogen-bond donors (Lipinski definition) is 0. The molecule has 1 saturated carbocycles. The third-order valence-electron chi connectivity index (χ3n) is 3.83. The highest BCUT2D eigenvalue weighted by Gasteiger charge is 2.29. The Morgan fingerprint density at radius 1 is 1.12 bits per heavy atom. The first-order chi connectivity index (χ1) is 11.8. The number of aromatic nitrogens is 5. The van der Waals surface area contributed by atoms with Crippen LogP contribution in [0.4, 0.5) is 4.39 Å². The highest BCUT2D eigenvalue weighted by molar-refractivity contribution is 7.98. The Balaban J connectivity index is 1.54. The molecule has 24 heavy (non-hydrogen) atoms. The van der Waals surface area contributed by atoms with E-state index in [1.807, 2.05) is 4.68 Å². The van der Waals surface area contributed by atoms with Gasteiger partial charge in [0, 0.05) is 18.3 Å². The molecule has 0 N–H and O–H groups in total. The van der Waals surface area contributed by atoms with E-state index in [9.17, 15) is 4.39 Å². The van der Waals surface area contributed by atoms with Crippen LogP contribution >= 0.6 is 11.8 Å². The van der Waals surface area contributed by atoms with Crippen molar-refractivity contribution in [2.45, 2.75) is 36.2 Å². The normalized spacial score (nSPS) is 14.0. The molecule has 0 aliphatic heterocycles. The van der Waals surface area contributed by atoms with Crippen molar-refractivity contribution in [3.8, 4) is 0 Å². The van der Waals surface area contributed by atoms with E-state index in [1.54, 1.807) is 42.4 Å². The van der Waals surface area contributed by atoms with Crippen LogP contribution in [-0.4, -0.2) is 24.7 Å². The molecule has 0 radical (unpaired) electrons. The van der Waals surface area contributed by atoms with E-state index in [0.717, 1.165) is 35.2 Å². The summed E-state index contributed by atoms with van der Waals surface area (Å²) in [5.74, 6) is 2.75. The topological polar surface area (TPSA) is 56.5 Å². The van der Waals surface area contributed by atoms with Crippen molar-refractivity contribution < 1.29 is 4.39 Å². The van der Waals surface area contributed by atoms with Crippen LogP contribution in [0.5, 0.6) is 0 Å². The Morgan fingerprint density at radius 2 is 1.88 bits per heavy atom. The Hall–Kier alpha value is -2.28. The monoisotopic (exact) mass is 341 g/mol. The van der Waals surface area contributed by atoms with Crippen molar-refractivity contribution >= 4 is 11.8 Å². The predicted molar refractivity (Wildman–Crippen MR) is 89.1 cm³/mol. The summed E-state index contributed by atoms with van der Waals surface area (Å²) in [7, 11) is 0. The molecule has 1 fully saturated rings. The zero-order valence-corrected chi connectivity index (χ0v) is 13.8. The second-order valence-corrected chi connectivity index (χ2v) is 6.71. The Bertz CT molecular complexity index is 815. The van der Waals surface area contributed by atoms with Gasteiger partial charge in [-0.05, 0) is 36.6 Å². The molecule has 2 heterocycles. The highest BCUT2D eigenvalue weighted by Crippen LogP contribution is 2.38. The average Bonchev–Trinajstić information content (AvgIpc) is 3.38. The maximum absolute atomic E-state index is 13.1. The van der Waals surface area contributed by atoms with E-state index in [4.69, 9.17) is 4.98 Å². The van der Waals surface area contributed by atoms with Gasteiger partial charge in [-0.25, -0.2) is 24.0 Å². The SMILES string of the molecule is Fc1ccc(Cn2nc(C3CC3)nc2CSc2ncccn2)cc1. The maximum atomic E-state index is 13.1. The molecule has 4 rings (SSSR count). The average molecular weight is 341 g/mol. The summed E-state index contributed by atoms with van der Waals surface area (Å²) in [6, 6.07) is 8.31. The molecule has 0 spiro atoms. The lowest BCUT2D eigenvalue weighted by Crippen LogP contribution is -2.06. The third-order valence-corrected chi connectivity index (χ3v) is 4.70. The van der Waals surface area contributed by atoms with E-state index >= 15 is 0 Å². The van der Waals surface area contributed by atoms with E-state index in [2.05, 4.69) is 15.1 Å². The Kier molecular flexibility index (Phi) is 4.25. The standard InChI is InChI=1S/C17H16FN5S/c18-14-6-2-12(3-7-14)10-23-15(21-16(22-23)13-4-5-13)11-24-17-19-8-1-9-20-17/h1-3,6-9,13H,4-5,10-11H2. The van der Waals surface area contributed by atoms with Gasteiger partial charge in [-0.15, -0.1) is 0 Å². The van der Waals surface area contributed by atoms with Gasteiger partial charge in [0.05, 0.1) is 12.3 Å². The summed E-state index contributed by atoms with van der Waals surface area (Å²) in [6.45, 7) is 0.589. The van der Waals surface area contributed by atoms with Gasteiger partial charge in [0.25, 0.3) is 0 Å². The van der Waals surface area contributed by atoms with E-state index in [-0.39, 0.29) is 5.82 Å². The molecular formula is C17H16FN5S. The molecule has 0 saturated heterocycles. The van der Waals surface area contributed by atoms with Crippen molar-refractivity contribution in [2.75, 3.05) is 0 Å². The molecule has 7 heteroatoms. The van der Waals surface area contributed by atoms with Crippen LogP contribution in [0.15, 0.2) is 47.9 Å². The number of thioether (sulfide) groups is 1. The van der Waals surface area contributed by atoms with Gasteiger partial charge in [-0.3, -0.25) is 0 Å². The quantitative estimate of drug-likeness (QED) is 0.508. The fourth-order valence-electron chi connectivity index (χ4n) is 2.39. The van der Waals surface area contributed by atoms with E-state index in [0.29, 0.717) is 18.2 Å². The lowest BCUT2D eigenvalue weighted by molar-refractivity contribution is 0.621. The van der Waals surface area contributed by atoms with Crippen LogP contribution in [0, 0.1) is 5.82 Å². The zero-order chi connectivity index (χ0) is 16.4. The van der Waals surface area contributed by atoms with Crippen molar-refractivity contribution in [1.29, 1.82) is 0 Å². The van der Waals surface area contributed by atoms with Crippen LogP contribution in [0.25, 0.3) is 0 Å². The predicted octanol–water partition coefficient (Wildman–Crippen LogP) is 3.43. The molecule has 5 nitrogen and oxygen atoms in total. The minimum Gasteiger partial charge on any atom is -0.244 e. The van der Waals surface area contributed by atoms with Gasteiger partial charge in [0.1, 0.15) is 11.6 Å². The molecule has 1 aliphatic carbocycles. The fraction of sp³-hybridized carbons (Fsp3) is 0.294. The maximum Gasteiger partial charge on any atom is 0.187 e. The third kappa shape index (κ3) is 3.62. The Labute approximate surface area is 143 Å². The zero-order valence-electron chi connectivity index (χ0n) is 13.0. The molecule has 0 bridgehead atoms. The molecule has 0 amide bonds. The molecular weight excluding hydrogens is 325 g/mol. The molecule has 122 valence electrons. The first kappa shape index (κ1) is 15.3. The van der Waals surface area contributed by atoms with Crippen molar-refractivity contribution in [2.24, 2.45) is 0 Å². The lowest BCUT2D eigenvalue weighted by atomic mass is 10.2. The number of halogens is 1. The van der Waals surface area contributed by atoms with Crippen molar-refractivity contribution in [3.63, 3.8) is 0 Å². The number of benzene rings is 1. The van der Waals surface area contributed by atoms with Gasteiger partial charge in [0.15, 0.2) is 11.0 Å². The van der Waals surface area contributed by atoms with Gasteiger partial charge >= 0.3 is 0 Å². The summed E-state index contributed by atoms with van der Waals surface area (Å²) >= 11 is 1.54. The Morgan fingerprint density at radius 3 is 2.58 bits per heavy atom.